The molecule has 0 aromatic carbocycles. The van der Waals surface area contributed by atoms with E-state index in [4.69, 9.17) is 0 Å². The quantitative estimate of drug-likeness (QED) is 0.220. The maximum atomic E-state index is 11.7. The van der Waals surface area contributed by atoms with Crippen LogP contribution in [0.25, 0.3) is 0 Å². The van der Waals surface area contributed by atoms with Crippen LogP contribution in [0.2, 0.25) is 0 Å². The summed E-state index contributed by atoms with van der Waals surface area (Å²) in [5.74, 6) is 1.05. The standard InChI is InChI=1S/C19H31N5OS.HI/c1-2-20-19(21-11-3-5-17(25)22-15-7-8-15)23-16-9-12-24(13-10-16)18-6-4-14-26-18;/h4,6,14-16H,2-3,5,7-13H2,1H3,(H,22,25)(H2,20,21,23);1H. The van der Waals surface area contributed by atoms with Crippen LogP contribution >= 0.6 is 35.3 Å². The van der Waals surface area contributed by atoms with Gasteiger partial charge in [0.25, 0.3) is 0 Å². The van der Waals surface area contributed by atoms with Gasteiger partial charge in [-0.15, -0.1) is 35.3 Å². The van der Waals surface area contributed by atoms with E-state index in [1.165, 1.54) is 5.00 Å². The SMILES string of the molecule is CCNC(=NCCCC(=O)NC1CC1)NC1CCN(c2cccs2)CC1.I. The van der Waals surface area contributed by atoms with E-state index in [0.717, 1.165) is 57.7 Å². The average Bonchev–Trinajstić information content (AvgIpc) is 3.28. The van der Waals surface area contributed by atoms with Gasteiger partial charge in [0.2, 0.25) is 5.91 Å². The zero-order valence-corrected chi connectivity index (χ0v) is 19.2. The lowest BCUT2D eigenvalue weighted by atomic mass is 10.1. The summed E-state index contributed by atoms with van der Waals surface area (Å²) >= 11 is 1.81. The number of hydrogen-bond donors (Lipinski definition) is 3. The molecule has 8 heteroatoms. The topological polar surface area (TPSA) is 68.8 Å². The molecule has 0 unspecified atom stereocenters. The summed E-state index contributed by atoms with van der Waals surface area (Å²) in [4.78, 5) is 18.8. The molecule has 0 spiro atoms. The van der Waals surface area contributed by atoms with Gasteiger partial charge in [-0.25, -0.2) is 0 Å². The van der Waals surface area contributed by atoms with Crippen LogP contribution in [0.1, 0.15) is 45.4 Å². The predicted molar refractivity (Wildman–Crippen MR) is 124 cm³/mol. The molecular formula is C19H32IN5OS. The molecule has 1 aromatic rings. The second-order valence-electron chi connectivity index (χ2n) is 7.06. The number of hydrogen-bond acceptors (Lipinski definition) is 4. The van der Waals surface area contributed by atoms with Gasteiger partial charge in [-0.3, -0.25) is 9.79 Å². The molecule has 152 valence electrons. The van der Waals surface area contributed by atoms with Gasteiger partial charge < -0.3 is 20.9 Å². The fourth-order valence-electron chi connectivity index (χ4n) is 3.17. The number of carbonyl (C=O) groups excluding carboxylic acids is 1. The number of halogens is 1. The number of aliphatic imine (C=N–C) groups is 1. The van der Waals surface area contributed by atoms with Gasteiger partial charge in [0.15, 0.2) is 5.96 Å². The smallest absolute Gasteiger partial charge is 0.220 e. The maximum Gasteiger partial charge on any atom is 0.220 e. The number of piperidine rings is 1. The van der Waals surface area contributed by atoms with E-state index in [2.05, 4.69) is 50.3 Å². The van der Waals surface area contributed by atoms with E-state index in [1.54, 1.807) is 0 Å². The lowest BCUT2D eigenvalue weighted by Crippen LogP contribution is -2.48. The molecule has 1 amide bonds. The number of carbonyl (C=O) groups is 1. The molecule has 1 saturated heterocycles. The molecule has 2 aliphatic rings. The van der Waals surface area contributed by atoms with Crippen LogP contribution in [0.5, 0.6) is 0 Å². The van der Waals surface area contributed by atoms with Gasteiger partial charge >= 0.3 is 0 Å². The van der Waals surface area contributed by atoms with Crippen molar-refractivity contribution in [3.8, 4) is 0 Å². The van der Waals surface area contributed by atoms with Gasteiger partial charge in [-0.1, -0.05) is 0 Å². The van der Waals surface area contributed by atoms with Gasteiger partial charge in [-0.05, 0) is 56.5 Å². The third-order valence-corrected chi connectivity index (χ3v) is 5.70. The molecule has 6 nitrogen and oxygen atoms in total. The van der Waals surface area contributed by atoms with Crippen molar-refractivity contribution >= 4 is 52.2 Å². The Bertz CT molecular complexity index is 583. The summed E-state index contributed by atoms with van der Waals surface area (Å²) in [6.07, 6.45) is 5.89. The van der Waals surface area contributed by atoms with E-state index < -0.39 is 0 Å². The molecule has 0 radical (unpaired) electrons. The van der Waals surface area contributed by atoms with Crippen LogP contribution in [-0.4, -0.2) is 50.1 Å². The Balaban J connectivity index is 0.00000261. The first-order valence-electron chi connectivity index (χ1n) is 9.87. The second-order valence-corrected chi connectivity index (χ2v) is 7.99. The highest BCUT2D eigenvalue weighted by Gasteiger charge is 2.23. The number of anilines is 1. The van der Waals surface area contributed by atoms with E-state index in [-0.39, 0.29) is 29.9 Å². The molecule has 2 heterocycles. The molecular weight excluding hydrogens is 473 g/mol. The fourth-order valence-corrected chi connectivity index (χ4v) is 3.95. The van der Waals surface area contributed by atoms with Crippen molar-refractivity contribution in [2.24, 2.45) is 4.99 Å². The lowest BCUT2D eigenvalue weighted by Gasteiger charge is -2.33. The van der Waals surface area contributed by atoms with Crippen molar-refractivity contribution in [2.75, 3.05) is 31.1 Å². The Hall–Kier alpha value is -1.03. The Kier molecular flexibility index (Phi) is 9.67. The van der Waals surface area contributed by atoms with E-state index in [1.807, 2.05) is 11.3 Å². The summed E-state index contributed by atoms with van der Waals surface area (Å²) in [7, 11) is 0. The number of amides is 1. The van der Waals surface area contributed by atoms with Crippen molar-refractivity contribution in [3.05, 3.63) is 17.5 Å². The van der Waals surface area contributed by atoms with Crippen LogP contribution in [-0.2, 0) is 4.79 Å². The van der Waals surface area contributed by atoms with Crippen molar-refractivity contribution in [1.82, 2.24) is 16.0 Å². The molecule has 1 saturated carbocycles. The molecule has 0 atom stereocenters. The van der Waals surface area contributed by atoms with Crippen LogP contribution in [0.4, 0.5) is 5.00 Å². The van der Waals surface area contributed by atoms with E-state index in [0.29, 0.717) is 25.0 Å². The predicted octanol–water partition coefficient (Wildman–Crippen LogP) is 2.95. The Morgan fingerprint density at radius 3 is 2.59 bits per heavy atom. The Morgan fingerprint density at radius 1 is 1.22 bits per heavy atom. The van der Waals surface area contributed by atoms with E-state index >= 15 is 0 Å². The third-order valence-electron chi connectivity index (χ3n) is 4.77. The normalized spacial score (nSPS) is 18.0. The van der Waals surface area contributed by atoms with E-state index in [9.17, 15) is 4.79 Å². The largest absolute Gasteiger partial charge is 0.363 e. The number of rotatable bonds is 8. The van der Waals surface area contributed by atoms with Crippen molar-refractivity contribution in [3.63, 3.8) is 0 Å². The number of nitrogens with zero attached hydrogens (tertiary/aromatic N) is 2. The molecule has 1 aliphatic carbocycles. The van der Waals surface area contributed by atoms with Crippen LogP contribution in [0.15, 0.2) is 22.5 Å². The van der Waals surface area contributed by atoms with Gasteiger partial charge in [0.1, 0.15) is 0 Å². The highest BCUT2D eigenvalue weighted by Crippen LogP contribution is 2.24. The Labute approximate surface area is 183 Å². The van der Waals surface area contributed by atoms with Crippen molar-refractivity contribution < 1.29 is 4.79 Å². The number of nitrogens with one attached hydrogen (secondary N) is 3. The average molecular weight is 505 g/mol. The first kappa shape index (κ1) is 22.3. The molecule has 1 aromatic heterocycles. The first-order valence-corrected chi connectivity index (χ1v) is 10.7. The minimum absolute atomic E-state index is 0. The zero-order chi connectivity index (χ0) is 18.2. The minimum Gasteiger partial charge on any atom is -0.363 e. The van der Waals surface area contributed by atoms with Crippen molar-refractivity contribution in [1.29, 1.82) is 0 Å². The number of guanidine groups is 1. The molecule has 3 rings (SSSR count). The molecule has 0 bridgehead atoms. The monoisotopic (exact) mass is 505 g/mol. The summed E-state index contributed by atoms with van der Waals surface area (Å²) in [6.45, 7) is 5.78. The van der Waals surface area contributed by atoms with Crippen LogP contribution in [0, 0.1) is 0 Å². The molecule has 2 fully saturated rings. The van der Waals surface area contributed by atoms with Crippen LogP contribution in [0.3, 0.4) is 0 Å². The summed E-state index contributed by atoms with van der Waals surface area (Å²) in [5.41, 5.74) is 0. The molecule has 27 heavy (non-hydrogen) atoms. The highest BCUT2D eigenvalue weighted by molar-refractivity contribution is 14.0. The van der Waals surface area contributed by atoms with Gasteiger partial charge in [0, 0.05) is 44.7 Å². The van der Waals surface area contributed by atoms with Gasteiger partial charge in [0.05, 0.1) is 5.00 Å². The molecule has 1 aliphatic heterocycles. The summed E-state index contributed by atoms with van der Waals surface area (Å²) in [5, 5.41) is 13.4. The molecule has 3 N–H and O–H groups in total. The Morgan fingerprint density at radius 2 is 1.96 bits per heavy atom. The number of thiophene rings is 1. The second kappa shape index (κ2) is 11.7. The third kappa shape index (κ3) is 7.85. The van der Waals surface area contributed by atoms with Gasteiger partial charge in [-0.2, -0.15) is 0 Å². The minimum atomic E-state index is 0. The van der Waals surface area contributed by atoms with Crippen molar-refractivity contribution in [2.45, 2.75) is 57.5 Å². The fraction of sp³-hybridized carbons (Fsp3) is 0.684. The lowest BCUT2D eigenvalue weighted by molar-refractivity contribution is -0.121. The summed E-state index contributed by atoms with van der Waals surface area (Å²) in [6, 6.07) is 5.22. The maximum absolute atomic E-state index is 11.7. The zero-order valence-electron chi connectivity index (χ0n) is 16.1. The first-order chi connectivity index (χ1) is 12.7. The highest BCUT2D eigenvalue weighted by atomic mass is 127. The van der Waals surface area contributed by atoms with Crippen LogP contribution < -0.4 is 20.9 Å². The summed E-state index contributed by atoms with van der Waals surface area (Å²) < 4.78 is 0.